The van der Waals surface area contributed by atoms with Crippen LogP contribution in [0.4, 0.5) is 0 Å². The molecule has 0 rings (SSSR count). The molecule has 0 aromatic carbocycles. The maximum absolute atomic E-state index is 9.40. The van der Waals surface area contributed by atoms with Crippen molar-refractivity contribution < 1.29 is 23.2 Å². The van der Waals surface area contributed by atoms with E-state index in [-0.39, 0.29) is 0 Å². The summed E-state index contributed by atoms with van der Waals surface area (Å²) in [6, 6.07) is 0. The van der Waals surface area contributed by atoms with Crippen molar-refractivity contribution in [2.45, 2.75) is 3.67 Å². The molecule has 8 heteroatoms. The quantitative estimate of drug-likeness (QED) is 0.482. The van der Waals surface area contributed by atoms with Gasteiger partial charge in [0.05, 0.1) is 0 Å². The molecule has 0 aliphatic rings. The molecule has 0 aliphatic heterocycles. The van der Waals surface area contributed by atoms with E-state index in [1.54, 1.807) is 0 Å². The first-order valence-corrected chi connectivity index (χ1v) is 6.00. The summed E-state index contributed by atoms with van der Waals surface area (Å²) in [5.74, 6) is -0.684. The van der Waals surface area contributed by atoms with Gasteiger partial charge in [0.15, 0.2) is 0 Å². The number of rotatable bonds is 1. The summed E-state index contributed by atoms with van der Waals surface area (Å²) < 4.78 is 24.3. The molecular formula is C2H5NaO5S2. The summed E-state index contributed by atoms with van der Waals surface area (Å²) in [7, 11) is -3.83. The zero-order valence-electron chi connectivity index (χ0n) is 5.18. The maximum atomic E-state index is 9.40. The van der Waals surface area contributed by atoms with Crippen molar-refractivity contribution in [2.75, 3.05) is 0 Å². The molecule has 0 spiro atoms. The van der Waals surface area contributed by atoms with Gasteiger partial charge in [-0.15, -0.1) is 0 Å². The third-order valence-corrected chi connectivity index (χ3v) is 0.907. The third kappa shape index (κ3) is 69.2. The van der Waals surface area contributed by atoms with Crippen molar-refractivity contribution in [1.82, 2.24) is 0 Å². The largest absolute Gasteiger partial charge is 0.285 e. The van der Waals surface area contributed by atoms with Crippen LogP contribution in [0.1, 0.15) is 0 Å². The minimum absolute atomic E-state index is 0.361. The normalized spacial score (nSPS) is 9.60. The molecule has 0 atom stereocenters. The van der Waals surface area contributed by atoms with Crippen LogP contribution in [0.3, 0.4) is 0 Å². The molecule has 0 radical (unpaired) electrons. The van der Waals surface area contributed by atoms with Gasteiger partial charge in [0.25, 0.3) is 9.05 Å². The Kier molecular flexibility index (Phi) is 8.64. The van der Waals surface area contributed by atoms with Crippen LogP contribution in [0.2, 0.25) is 3.67 Å². The van der Waals surface area contributed by atoms with Gasteiger partial charge < -0.3 is 0 Å². The molecule has 0 unspecified atom stereocenters. The fourth-order valence-corrected chi connectivity index (χ4v) is 0. The summed E-state index contributed by atoms with van der Waals surface area (Å²) in [6.07, 6.45) is 0. The summed E-state index contributed by atoms with van der Waals surface area (Å²) in [5, 5.41) is 7.76. The Morgan fingerprint density at radius 1 is 1.60 bits per heavy atom. The summed E-state index contributed by atoms with van der Waals surface area (Å²) >= 11 is 4.24. The fraction of sp³-hybridized carbons (Fsp3) is 0.500. The van der Waals surface area contributed by atoms with E-state index in [1.807, 2.05) is 0 Å². The van der Waals surface area contributed by atoms with Gasteiger partial charge in [-0.25, -0.2) is 0 Å². The predicted octanol–water partition coefficient (Wildman–Crippen LogP) is -0.663. The topological polar surface area (TPSA) is 94.8 Å². The second-order valence-corrected chi connectivity index (χ2v) is 4.10. The van der Waals surface area contributed by atoms with Crippen molar-refractivity contribution in [2.24, 2.45) is 0 Å². The Balaban J connectivity index is 0. The van der Waals surface area contributed by atoms with E-state index < -0.39 is 15.0 Å². The molecular weight excluding hydrogens is 191 g/mol. The van der Waals surface area contributed by atoms with Gasteiger partial charge in [-0.1, -0.05) is 0 Å². The fourth-order valence-electron chi connectivity index (χ4n) is 0. The minimum Gasteiger partial charge on any atom is -0.285 e. The Labute approximate surface area is 80.6 Å². The molecule has 0 aromatic rings. The molecule has 0 fully saturated rings. The van der Waals surface area contributed by atoms with Crippen LogP contribution >= 0.6 is 0 Å². The molecule has 0 saturated carbocycles. The number of hydrogen-bond donors (Lipinski definition) is 3. The average molecular weight is 196 g/mol. The van der Waals surface area contributed by atoms with Crippen LogP contribution in [0.5, 0.6) is 0 Å². The number of hydrogen-bond acceptors (Lipinski definition) is 3. The summed E-state index contributed by atoms with van der Waals surface area (Å²) in [4.78, 5) is 9.40. The number of aliphatic carboxylic acids is 1. The van der Waals surface area contributed by atoms with Crippen molar-refractivity contribution >= 4 is 54.1 Å². The van der Waals surface area contributed by atoms with Crippen molar-refractivity contribution in [1.29, 1.82) is 0 Å². The van der Waals surface area contributed by atoms with Crippen LogP contribution in [0, 0.1) is 0 Å². The van der Waals surface area contributed by atoms with Gasteiger partial charge in [0, 0.05) is 11.2 Å². The number of carbonyl (C=O) groups is 1. The van der Waals surface area contributed by atoms with E-state index in [1.165, 1.54) is 0 Å². The molecule has 0 bridgehead atoms. The van der Waals surface area contributed by atoms with Gasteiger partial charge >= 0.3 is 47.5 Å². The Morgan fingerprint density at radius 3 is 1.70 bits per heavy atom. The summed E-state index contributed by atoms with van der Waals surface area (Å²) in [6.45, 7) is 0. The van der Waals surface area contributed by atoms with Gasteiger partial charge in [0.1, 0.15) is 0 Å². The zero-order chi connectivity index (χ0) is 8.78. The summed E-state index contributed by atoms with van der Waals surface area (Å²) in [5.41, 5.74) is 0. The van der Waals surface area contributed by atoms with Gasteiger partial charge in [-0.3, -0.25) is 9.11 Å². The molecule has 0 aromatic heterocycles. The predicted molar refractivity (Wildman–Crippen MR) is 39.0 cm³/mol. The first-order chi connectivity index (χ1) is 4.27. The second kappa shape index (κ2) is 6.47. The Bertz CT molecular complexity index is 176. The molecule has 0 heterocycles. The van der Waals surface area contributed by atoms with E-state index in [0.717, 1.165) is 27.9 Å². The van der Waals surface area contributed by atoms with Crippen LogP contribution in [-0.4, -0.2) is 52.3 Å². The Morgan fingerprint density at radius 2 is 1.70 bits per heavy atom. The van der Waals surface area contributed by atoms with Crippen LogP contribution in [0.15, 0.2) is 0 Å². The third-order valence-electron chi connectivity index (χ3n) is 0.302. The molecule has 0 amide bonds. The zero-order valence-corrected chi connectivity index (χ0v) is 8.81. The van der Waals surface area contributed by atoms with E-state index in [0.29, 0.717) is 3.67 Å². The first-order valence-electron chi connectivity index (χ1n) is 2.19. The average Bonchev–Trinajstić information content (AvgIpc) is 1.61. The Hall–Kier alpha value is 0.760. The monoisotopic (exact) mass is 196 g/mol. The van der Waals surface area contributed by atoms with E-state index >= 15 is 0 Å². The van der Waals surface area contributed by atoms with Crippen LogP contribution in [0.25, 0.3) is 0 Å². The number of carboxylic acids is 1. The molecule has 0 saturated heterocycles. The van der Waals surface area contributed by atoms with Crippen molar-refractivity contribution in [3.8, 4) is 0 Å². The molecule has 56 valence electrons. The van der Waals surface area contributed by atoms with E-state index in [9.17, 15) is 4.79 Å². The standard InChI is InChI=1S/C2H3O2.Na.H2O3S2/c1-2(3)4;;1-5(2,3)4/h1H2,(H,3,4);;(H2,1,2,3,4). The van der Waals surface area contributed by atoms with Crippen LogP contribution < -0.4 is 0 Å². The SMILES string of the molecule is O=C(O)[CH2][Na].O=S(O)(O)=S. The van der Waals surface area contributed by atoms with E-state index in [4.69, 9.17) is 18.4 Å². The smallest absolute Gasteiger partial charge is 0.263 e. The van der Waals surface area contributed by atoms with Gasteiger partial charge in [0.2, 0.25) is 0 Å². The molecule has 5 nitrogen and oxygen atoms in total. The minimum atomic E-state index is -3.83. The second-order valence-electron chi connectivity index (χ2n) is 1.20. The number of carboxylic acid groups (broad SMARTS) is 1. The van der Waals surface area contributed by atoms with Crippen LogP contribution in [-0.2, 0) is 25.0 Å². The van der Waals surface area contributed by atoms with E-state index in [2.05, 4.69) is 11.2 Å². The van der Waals surface area contributed by atoms with Gasteiger partial charge in [-0.2, -0.15) is 4.21 Å². The van der Waals surface area contributed by atoms with Gasteiger partial charge in [-0.05, 0) is 0 Å². The first kappa shape index (κ1) is 13.4. The molecule has 3 N–H and O–H groups in total. The molecule has 0 aliphatic carbocycles. The molecule has 10 heavy (non-hydrogen) atoms. The maximum Gasteiger partial charge on any atom is 0.263 e. The van der Waals surface area contributed by atoms with Crippen molar-refractivity contribution in [3.63, 3.8) is 0 Å². The van der Waals surface area contributed by atoms with Crippen molar-refractivity contribution in [3.05, 3.63) is 0 Å².